The molecule has 0 spiro atoms. The van der Waals surface area contributed by atoms with Crippen molar-refractivity contribution in [2.45, 2.75) is 43.9 Å². The van der Waals surface area contributed by atoms with E-state index < -0.39 is 30.0 Å². The largest absolute Gasteiger partial charge is 0.454 e. The minimum atomic E-state index is -4.67. The fourth-order valence-corrected chi connectivity index (χ4v) is 4.56. The second-order valence-electron chi connectivity index (χ2n) is 7.91. The quantitative estimate of drug-likeness (QED) is 0.666. The minimum Gasteiger partial charge on any atom is -0.454 e. The molecule has 1 aliphatic heterocycles. The molecule has 3 aromatic rings. The molecule has 1 fully saturated rings. The number of hydrogen-bond acceptors (Lipinski definition) is 4. The number of alkyl halides is 3. The molecular weight excluding hydrogens is 411 g/mol. The van der Waals surface area contributed by atoms with Gasteiger partial charge >= 0.3 is 6.18 Å². The van der Waals surface area contributed by atoms with Crippen molar-refractivity contribution >= 4 is 16.9 Å². The number of hydrogen-bond donors (Lipinski definition) is 1. The van der Waals surface area contributed by atoms with Crippen LogP contribution in [0.5, 0.6) is 11.5 Å². The Labute approximate surface area is 176 Å². The van der Waals surface area contributed by atoms with Crippen molar-refractivity contribution in [2.75, 3.05) is 6.79 Å². The fraction of sp³-hybridized carbons (Fsp3) is 0.364. The molecule has 5 rings (SSSR count). The number of fused-ring (bicyclic) bond motifs is 2. The summed E-state index contributed by atoms with van der Waals surface area (Å²) in [5.74, 6) is -0.318. The van der Waals surface area contributed by atoms with Gasteiger partial charge in [0.1, 0.15) is 6.54 Å². The number of imidazole rings is 1. The van der Waals surface area contributed by atoms with Gasteiger partial charge in [0.2, 0.25) is 18.5 Å². The van der Waals surface area contributed by atoms with Crippen LogP contribution in [0, 0.1) is 0 Å². The number of para-hydroxylation sites is 2. The van der Waals surface area contributed by atoms with Gasteiger partial charge in [-0.1, -0.05) is 31.0 Å². The van der Waals surface area contributed by atoms with Gasteiger partial charge in [-0.2, -0.15) is 13.2 Å². The molecule has 9 heteroatoms. The average molecular weight is 431 g/mol. The lowest BCUT2D eigenvalue weighted by Gasteiger charge is -2.31. The summed E-state index contributed by atoms with van der Waals surface area (Å²) in [6.45, 7) is -0.326. The van der Waals surface area contributed by atoms with Crippen molar-refractivity contribution in [1.82, 2.24) is 14.9 Å². The van der Waals surface area contributed by atoms with Crippen LogP contribution in [0.2, 0.25) is 0 Å². The molecule has 0 saturated heterocycles. The molecule has 1 N–H and O–H groups in total. The molecule has 1 saturated carbocycles. The highest BCUT2D eigenvalue weighted by atomic mass is 19.4. The standard InChI is InChI=1S/C22H20F3N3O3/c23-22(24,25)20-26-15-5-1-2-6-16(15)28(20)12-19(29)27-21(9-3-4-10-21)14-7-8-17-18(11-14)31-13-30-17/h1-2,5-8,11H,3-4,9-10,12-13H2,(H,27,29). The number of rotatable bonds is 4. The highest BCUT2D eigenvalue weighted by Gasteiger charge is 2.40. The highest BCUT2D eigenvalue weighted by Crippen LogP contribution is 2.43. The number of nitrogens with zero attached hydrogens (tertiary/aromatic N) is 2. The minimum absolute atomic E-state index is 0.145. The van der Waals surface area contributed by atoms with Gasteiger partial charge in [-0.3, -0.25) is 4.79 Å². The van der Waals surface area contributed by atoms with Crippen LogP contribution in [0.4, 0.5) is 13.2 Å². The average Bonchev–Trinajstić information content (AvgIpc) is 3.46. The first-order valence-corrected chi connectivity index (χ1v) is 10.1. The van der Waals surface area contributed by atoms with E-state index in [0.717, 1.165) is 23.0 Å². The zero-order valence-corrected chi connectivity index (χ0v) is 16.5. The van der Waals surface area contributed by atoms with E-state index in [1.807, 2.05) is 12.1 Å². The van der Waals surface area contributed by atoms with E-state index in [4.69, 9.17) is 9.47 Å². The highest BCUT2D eigenvalue weighted by molar-refractivity contribution is 5.82. The van der Waals surface area contributed by atoms with Crippen LogP contribution in [0.3, 0.4) is 0 Å². The Morgan fingerprint density at radius 2 is 1.84 bits per heavy atom. The monoisotopic (exact) mass is 431 g/mol. The van der Waals surface area contributed by atoms with Crippen LogP contribution >= 0.6 is 0 Å². The Bertz CT molecular complexity index is 1150. The smallest absolute Gasteiger partial charge is 0.449 e. The number of aromatic nitrogens is 2. The van der Waals surface area contributed by atoms with Gasteiger partial charge in [-0.05, 0) is 42.7 Å². The van der Waals surface area contributed by atoms with Gasteiger partial charge in [0.05, 0.1) is 16.6 Å². The number of amides is 1. The summed E-state index contributed by atoms with van der Waals surface area (Å²) in [6.07, 6.45) is -1.43. The molecule has 0 bridgehead atoms. The third-order valence-corrected chi connectivity index (χ3v) is 5.97. The zero-order valence-electron chi connectivity index (χ0n) is 16.5. The van der Waals surface area contributed by atoms with Crippen LogP contribution < -0.4 is 14.8 Å². The van der Waals surface area contributed by atoms with Crippen LogP contribution in [-0.2, 0) is 23.1 Å². The molecular formula is C22H20F3N3O3. The molecule has 6 nitrogen and oxygen atoms in total. The van der Waals surface area contributed by atoms with Crippen LogP contribution in [0.1, 0.15) is 37.1 Å². The van der Waals surface area contributed by atoms with Crippen molar-refractivity contribution in [1.29, 1.82) is 0 Å². The van der Waals surface area contributed by atoms with Gasteiger partial charge in [-0.15, -0.1) is 0 Å². The summed E-state index contributed by atoms with van der Waals surface area (Å²) < 4.78 is 52.5. The lowest BCUT2D eigenvalue weighted by molar-refractivity contribution is -0.147. The fourth-order valence-electron chi connectivity index (χ4n) is 4.56. The Morgan fingerprint density at radius 1 is 1.10 bits per heavy atom. The first-order chi connectivity index (χ1) is 14.9. The second kappa shape index (κ2) is 7.18. The summed E-state index contributed by atoms with van der Waals surface area (Å²) in [4.78, 5) is 16.7. The molecule has 2 aliphatic rings. The molecule has 1 amide bonds. The van der Waals surface area contributed by atoms with E-state index in [0.29, 0.717) is 24.3 Å². The van der Waals surface area contributed by atoms with Gasteiger partial charge in [0.15, 0.2) is 11.5 Å². The lowest BCUT2D eigenvalue weighted by Crippen LogP contribution is -2.45. The zero-order chi connectivity index (χ0) is 21.6. The normalized spacial score (nSPS) is 17.3. The summed E-state index contributed by atoms with van der Waals surface area (Å²) in [5, 5.41) is 3.03. The molecule has 0 atom stereocenters. The Kier molecular flexibility index (Phi) is 4.56. The van der Waals surface area contributed by atoms with Crippen LogP contribution in [-0.4, -0.2) is 22.3 Å². The lowest BCUT2D eigenvalue weighted by atomic mass is 9.87. The number of halogens is 3. The first-order valence-electron chi connectivity index (χ1n) is 10.1. The third-order valence-electron chi connectivity index (χ3n) is 5.97. The van der Waals surface area contributed by atoms with Gasteiger partial charge in [-0.25, -0.2) is 4.98 Å². The van der Waals surface area contributed by atoms with Crippen LogP contribution in [0.25, 0.3) is 11.0 Å². The Hall–Kier alpha value is -3.23. The molecule has 162 valence electrons. The summed E-state index contributed by atoms with van der Waals surface area (Å²) in [5.41, 5.74) is 0.698. The van der Waals surface area contributed by atoms with E-state index >= 15 is 0 Å². The van der Waals surface area contributed by atoms with E-state index in [1.54, 1.807) is 18.2 Å². The second-order valence-corrected chi connectivity index (χ2v) is 7.91. The summed E-state index contributed by atoms with van der Waals surface area (Å²) in [7, 11) is 0. The maximum absolute atomic E-state index is 13.6. The summed E-state index contributed by atoms with van der Waals surface area (Å²) >= 11 is 0. The van der Waals surface area contributed by atoms with Crippen molar-refractivity contribution in [3.63, 3.8) is 0 Å². The predicted octanol–water partition coefficient (Wildman–Crippen LogP) is 4.37. The maximum Gasteiger partial charge on any atom is 0.449 e. The topological polar surface area (TPSA) is 65.4 Å². The number of benzene rings is 2. The third kappa shape index (κ3) is 3.47. The SMILES string of the molecule is O=C(Cn1c(C(F)(F)F)nc2ccccc21)NC1(c2ccc3c(c2)OCO3)CCCC1. The van der Waals surface area contributed by atoms with Gasteiger partial charge < -0.3 is 19.4 Å². The molecule has 31 heavy (non-hydrogen) atoms. The van der Waals surface area contributed by atoms with Gasteiger partial charge in [0.25, 0.3) is 0 Å². The van der Waals surface area contributed by atoms with E-state index in [-0.39, 0.29) is 17.8 Å². The molecule has 2 aromatic carbocycles. The van der Waals surface area contributed by atoms with Crippen LogP contribution in [0.15, 0.2) is 42.5 Å². The molecule has 1 aliphatic carbocycles. The van der Waals surface area contributed by atoms with Crippen molar-refractivity contribution < 1.29 is 27.4 Å². The van der Waals surface area contributed by atoms with Crippen molar-refractivity contribution in [3.05, 3.63) is 53.9 Å². The van der Waals surface area contributed by atoms with Gasteiger partial charge in [0, 0.05) is 0 Å². The molecule has 1 aromatic heterocycles. The molecule has 0 unspecified atom stereocenters. The summed E-state index contributed by atoms with van der Waals surface area (Å²) in [6, 6.07) is 11.8. The number of carbonyl (C=O) groups excluding carboxylic acids is 1. The number of carbonyl (C=O) groups is 1. The van der Waals surface area contributed by atoms with Crippen molar-refractivity contribution in [3.8, 4) is 11.5 Å². The predicted molar refractivity (Wildman–Crippen MR) is 106 cm³/mol. The van der Waals surface area contributed by atoms with Crippen molar-refractivity contribution in [2.24, 2.45) is 0 Å². The first kappa shape index (κ1) is 19.7. The molecule has 2 heterocycles. The van der Waals surface area contributed by atoms with E-state index in [9.17, 15) is 18.0 Å². The number of ether oxygens (including phenoxy) is 2. The Balaban J connectivity index is 1.46. The van der Waals surface area contributed by atoms with E-state index in [1.165, 1.54) is 12.1 Å². The maximum atomic E-state index is 13.6. The van der Waals surface area contributed by atoms with E-state index in [2.05, 4.69) is 10.3 Å². The Morgan fingerprint density at radius 3 is 2.61 bits per heavy atom. The molecule has 0 radical (unpaired) electrons. The number of nitrogens with one attached hydrogen (secondary N) is 1.